The van der Waals surface area contributed by atoms with Crippen LogP contribution < -0.4 is 5.90 Å². The molecular weight excluding hydrogens is 156 g/mol. The number of carbonyl (C=O) groups is 1. The SMILES string of the molecule is NOC1CCN(C(=O)C2CC2)C1. The second-order valence-corrected chi connectivity index (χ2v) is 3.61. The van der Waals surface area contributed by atoms with Crippen molar-refractivity contribution < 1.29 is 9.63 Å². The number of nitrogens with two attached hydrogens (primary N) is 1. The Morgan fingerprint density at radius 3 is 2.67 bits per heavy atom. The van der Waals surface area contributed by atoms with Gasteiger partial charge in [-0.15, -0.1) is 0 Å². The number of carbonyl (C=O) groups excluding carboxylic acids is 1. The van der Waals surface area contributed by atoms with E-state index in [9.17, 15) is 4.79 Å². The summed E-state index contributed by atoms with van der Waals surface area (Å²) in [4.78, 5) is 18.1. The first-order chi connectivity index (χ1) is 5.81. The number of rotatable bonds is 2. The molecule has 4 heteroatoms. The van der Waals surface area contributed by atoms with Crippen molar-refractivity contribution in [2.75, 3.05) is 13.1 Å². The summed E-state index contributed by atoms with van der Waals surface area (Å²) in [5.41, 5.74) is 0. The largest absolute Gasteiger partial charge is 0.340 e. The summed E-state index contributed by atoms with van der Waals surface area (Å²) in [6.45, 7) is 1.50. The fourth-order valence-corrected chi connectivity index (χ4v) is 1.63. The van der Waals surface area contributed by atoms with Gasteiger partial charge in [-0.3, -0.25) is 9.63 Å². The van der Waals surface area contributed by atoms with Crippen LogP contribution in [-0.2, 0) is 9.63 Å². The van der Waals surface area contributed by atoms with Gasteiger partial charge in [0.1, 0.15) is 0 Å². The van der Waals surface area contributed by atoms with Gasteiger partial charge in [-0.1, -0.05) is 0 Å². The molecule has 0 radical (unpaired) electrons. The van der Waals surface area contributed by atoms with Crippen LogP contribution in [0.15, 0.2) is 0 Å². The third-order valence-corrected chi connectivity index (χ3v) is 2.58. The van der Waals surface area contributed by atoms with Gasteiger partial charge in [-0.25, -0.2) is 5.90 Å². The summed E-state index contributed by atoms with van der Waals surface area (Å²) in [6.07, 6.45) is 3.09. The minimum Gasteiger partial charge on any atom is -0.340 e. The van der Waals surface area contributed by atoms with Gasteiger partial charge in [0.2, 0.25) is 5.91 Å². The maximum atomic E-state index is 11.5. The van der Waals surface area contributed by atoms with Crippen LogP contribution in [0.2, 0.25) is 0 Å². The molecule has 0 spiro atoms. The molecule has 0 aromatic carbocycles. The molecule has 1 saturated heterocycles. The third-order valence-electron chi connectivity index (χ3n) is 2.58. The smallest absolute Gasteiger partial charge is 0.225 e. The lowest BCUT2D eigenvalue weighted by molar-refractivity contribution is -0.132. The highest BCUT2D eigenvalue weighted by atomic mass is 16.6. The predicted molar refractivity (Wildman–Crippen MR) is 43.0 cm³/mol. The fraction of sp³-hybridized carbons (Fsp3) is 0.875. The van der Waals surface area contributed by atoms with Crippen LogP contribution in [0.1, 0.15) is 19.3 Å². The number of hydrogen-bond donors (Lipinski definition) is 1. The molecule has 0 aromatic heterocycles. The van der Waals surface area contributed by atoms with E-state index in [1.807, 2.05) is 4.90 Å². The molecule has 1 atom stereocenters. The van der Waals surface area contributed by atoms with Crippen LogP contribution in [-0.4, -0.2) is 30.0 Å². The first kappa shape index (κ1) is 8.01. The lowest BCUT2D eigenvalue weighted by atomic mass is 10.3. The third kappa shape index (κ3) is 1.44. The summed E-state index contributed by atoms with van der Waals surface area (Å²) < 4.78 is 0. The van der Waals surface area contributed by atoms with Gasteiger partial charge in [-0.05, 0) is 19.3 Å². The molecule has 2 N–H and O–H groups in total. The molecule has 68 valence electrons. The molecule has 12 heavy (non-hydrogen) atoms. The average Bonchev–Trinajstić information content (AvgIpc) is 2.82. The normalized spacial score (nSPS) is 29.4. The number of hydrogen-bond acceptors (Lipinski definition) is 3. The van der Waals surface area contributed by atoms with Gasteiger partial charge in [0.05, 0.1) is 6.10 Å². The maximum absolute atomic E-state index is 11.5. The van der Waals surface area contributed by atoms with E-state index >= 15 is 0 Å². The summed E-state index contributed by atoms with van der Waals surface area (Å²) in [5, 5.41) is 0. The van der Waals surface area contributed by atoms with Crippen molar-refractivity contribution >= 4 is 5.91 Å². The zero-order valence-corrected chi connectivity index (χ0v) is 7.03. The molecule has 2 aliphatic rings. The van der Waals surface area contributed by atoms with Crippen LogP contribution in [0, 0.1) is 5.92 Å². The summed E-state index contributed by atoms with van der Waals surface area (Å²) >= 11 is 0. The van der Waals surface area contributed by atoms with Crippen molar-refractivity contribution in [2.45, 2.75) is 25.4 Å². The fourth-order valence-electron chi connectivity index (χ4n) is 1.63. The Bertz CT molecular complexity index is 191. The first-order valence-corrected chi connectivity index (χ1v) is 4.45. The summed E-state index contributed by atoms with van der Waals surface area (Å²) in [5.74, 6) is 5.67. The lowest BCUT2D eigenvalue weighted by Crippen LogP contribution is -2.31. The number of likely N-dealkylation sites (tertiary alicyclic amines) is 1. The highest BCUT2D eigenvalue weighted by molar-refractivity contribution is 5.81. The monoisotopic (exact) mass is 170 g/mol. The summed E-state index contributed by atoms with van der Waals surface area (Å²) in [7, 11) is 0. The molecular formula is C8H14N2O2. The molecule has 0 aromatic rings. The maximum Gasteiger partial charge on any atom is 0.225 e. The quantitative estimate of drug-likeness (QED) is 0.588. The molecule has 1 aliphatic carbocycles. The molecule has 2 rings (SSSR count). The van der Waals surface area contributed by atoms with Crippen LogP contribution in [0.5, 0.6) is 0 Å². The van der Waals surface area contributed by atoms with Crippen molar-refractivity contribution in [3.63, 3.8) is 0 Å². The van der Waals surface area contributed by atoms with E-state index in [0.29, 0.717) is 18.4 Å². The van der Waals surface area contributed by atoms with E-state index in [2.05, 4.69) is 0 Å². The second-order valence-electron chi connectivity index (χ2n) is 3.61. The molecule has 2 fully saturated rings. The van der Waals surface area contributed by atoms with E-state index in [4.69, 9.17) is 10.7 Å². The molecule has 4 nitrogen and oxygen atoms in total. The minimum absolute atomic E-state index is 0.0627. The highest BCUT2D eigenvalue weighted by Crippen LogP contribution is 2.32. The first-order valence-electron chi connectivity index (χ1n) is 4.45. The van der Waals surface area contributed by atoms with Crippen LogP contribution >= 0.6 is 0 Å². The zero-order valence-electron chi connectivity index (χ0n) is 7.03. The molecule has 1 aliphatic heterocycles. The topological polar surface area (TPSA) is 55.6 Å². The van der Waals surface area contributed by atoms with Crippen molar-refractivity contribution in [3.8, 4) is 0 Å². The highest BCUT2D eigenvalue weighted by Gasteiger charge is 2.36. The summed E-state index contributed by atoms with van der Waals surface area (Å²) in [6, 6.07) is 0. The Labute approximate surface area is 71.6 Å². The Morgan fingerprint density at radius 2 is 2.17 bits per heavy atom. The molecule has 1 heterocycles. The van der Waals surface area contributed by atoms with Crippen LogP contribution in [0.4, 0.5) is 0 Å². The predicted octanol–water partition coefficient (Wildman–Crippen LogP) is -0.112. The van der Waals surface area contributed by atoms with Gasteiger partial charge in [-0.2, -0.15) is 0 Å². The minimum atomic E-state index is 0.0627. The Kier molecular flexibility index (Phi) is 2.02. The second kappa shape index (κ2) is 3.03. The molecule has 1 unspecified atom stereocenters. The standard InChI is InChI=1S/C8H14N2O2/c9-12-7-3-4-10(5-7)8(11)6-1-2-6/h6-7H,1-5,9H2. The van der Waals surface area contributed by atoms with Crippen molar-refractivity contribution in [3.05, 3.63) is 0 Å². The molecule has 0 bridgehead atoms. The van der Waals surface area contributed by atoms with Gasteiger partial charge in [0.15, 0.2) is 0 Å². The Balaban J connectivity index is 1.85. The Morgan fingerprint density at radius 1 is 1.42 bits per heavy atom. The van der Waals surface area contributed by atoms with Gasteiger partial charge >= 0.3 is 0 Å². The number of amides is 1. The number of nitrogens with zero attached hydrogens (tertiary/aromatic N) is 1. The van der Waals surface area contributed by atoms with Crippen molar-refractivity contribution in [1.29, 1.82) is 0 Å². The van der Waals surface area contributed by atoms with Gasteiger partial charge < -0.3 is 4.90 Å². The average molecular weight is 170 g/mol. The van der Waals surface area contributed by atoms with Crippen LogP contribution in [0.3, 0.4) is 0 Å². The van der Waals surface area contributed by atoms with Gasteiger partial charge in [0, 0.05) is 19.0 Å². The van der Waals surface area contributed by atoms with Crippen LogP contribution in [0.25, 0.3) is 0 Å². The van der Waals surface area contributed by atoms with E-state index < -0.39 is 0 Å². The Hall–Kier alpha value is -0.610. The van der Waals surface area contributed by atoms with E-state index in [0.717, 1.165) is 25.8 Å². The lowest BCUT2D eigenvalue weighted by Gasteiger charge is -2.14. The van der Waals surface area contributed by atoms with Gasteiger partial charge in [0.25, 0.3) is 0 Å². The van der Waals surface area contributed by atoms with E-state index in [1.165, 1.54) is 0 Å². The van der Waals surface area contributed by atoms with Crippen molar-refractivity contribution in [1.82, 2.24) is 4.90 Å². The molecule has 1 amide bonds. The van der Waals surface area contributed by atoms with E-state index in [-0.39, 0.29) is 6.10 Å². The van der Waals surface area contributed by atoms with E-state index in [1.54, 1.807) is 0 Å². The molecule has 1 saturated carbocycles. The zero-order chi connectivity index (χ0) is 8.55. The van der Waals surface area contributed by atoms with Crippen molar-refractivity contribution in [2.24, 2.45) is 11.8 Å².